The van der Waals surface area contributed by atoms with Crippen LogP contribution in [0.3, 0.4) is 0 Å². The van der Waals surface area contributed by atoms with E-state index in [1.807, 2.05) is 0 Å². The molecule has 0 atom stereocenters. The molecule has 0 amide bonds. The number of nitrogens with one attached hydrogen (secondary N) is 1. The lowest BCUT2D eigenvalue weighted by Gasteiger charge is -2.30. The lowest BCUT2D eigenvalue weighted by molar-refractivity contribution is 0.254. The van der Waals surface area contributed by atoms with E-state index in [0.29, 0.717) is 5.92 Å². The standard InChI is InChI=1S/C18H28N2S/c1-12(2)13-8-10-14(11-9-13)17-19-16-7-5-3-4-6-15(16)18(21)20-17/h12-14H,3-11H2,1-2H3,(H,19,20,21). The van der Waals surface area contributed by atoms with Crippen LogP contribution in [0.25, 0.3) is 0 Å². The Morgan fingerprint density at radius 3 is 2.48 bits per heavy atom. The first-order valence-corrected chi connectivity index (χ1v) is 9.18. The molecule has 0 radical (unpaired) electrons. The first-order chi connectivity index (χ1) is 10.1. The topological polar surface area (TPSA) is 28.7 Å². The largest absolute Gasteiger partial charge is 0.347 e. The van der Waals surface area contributed by atoms with Crippen LogP contribution in [0.15, 0.2) is 0 Å². The van der Waals surface area contributed by atoms with Gasteiger partial charge in [-0.2, -0.15) is 0 Å². The monoisotopic (exact) mass is 304 g/mol. The quantitative estimate of drug-likeness (QED) is 0.590. The van der Waals surface area contributed by atoms with E-state index in [1.165, 1.54) is 62.0 Å². The molecule has 3 rings (SSSR count). The summed E-state index contributed by atoms with van der Waals surface area (Å²) in [5.74, 6) is 3.52. The summed E-state index contributed by atoms with van der Waals surface area (Å²) in [6, 6.07) is 0. The Balaban J connectivity index is 1.79. The fourth-order valence-corrected chi connectivity index (χ4v) is 4.39. The maximum atomic E-state index is 5.59. The molecule has 2 aliphatic carbocycles. The van der Waals surface area contributed by atoms with Gasteiger partial charge in [-0.05, 0) is 63.2 Å². The molecule has 3 heteroatoms. The predicted molar refractivity (Wildman–Crippen MR) is 90.2 cm³/mol. The van der Waals surface area contributed by atoms with E-state index in [-0.39, 0.29) is 0 Å². The molecule has 116 valence electrons. The van der Waals surface area contributed by atoms with E-state index < -0.39 is 0 Å². The van der Waals surface area contributed by atoms with Gasteiger partial charge in [0.2, 0.25) is 0 Å². The normalized spacial score (nSPS) is 26.4. The number of nitrogens with zero attached hydrogens (tertiary/aromatic N) is 1. The summed E-state index contributed by atoms with van der Waals surface area (Å²) in [6.45, 7) is 4.72. The van der Waals surface area contributed by atoms with Gasteiger partial charge < -0.3 is 4.98 Å². The molecule has 2 nitrogen and oxygen atoms in total. The first-order valence-electron chi connectivity index (χ1n) is 8.77. The zero-order valence-corrected chi connectivity index (χ0v) is 14.3. The van der Waals surface area contributed by atoms with E-state index in [1.54, 1.807) is 0 Å². The summed E-state index contributed by atoms with van der Waals surface area (Å²) < 4.78 is 0.881. The van der Waals surface area contributed by atoms with Gasteiger partial charge in [-0.15, -0.1) is 0 Å². The van der Waals surface area contributed by atoms with Gasteiger partial charge in [0.25, 0.3) is 0 Å². The van der Waals surface area contributed by atoms with Gasteiger partial charge in [0.1, 0.15) is 10.5 Å². The second kappa shape index (κ2) is 6.60. The zero-order valence-electron chi connectivity index (χ0n) is 13.5. The summed E-state index contributed by atoms with van der Waals surface area (Å²) in [5, 5.41) is 0. The van der Waals surface area contributed by atoms with Crippen LogP contribution in [-0.4, -0.2) is 9.97 Å². The molecule has 0 saturated heterocycles. The summed E-state index contributed by atoms with van der Waals surface area (Å²) in [7, 11) is 0. The van der Waals surface area contributed by atoms with Crippen molar-refractivity contribution < 1.29 is 0 Å². The molecule has 0 unspecified atom stereocenters. The molecule has 0 aliphatic heterocycles. The van der Waals surface area contributed by atoms with Crippen molar-refractivity contribution in [2.24, 2.45) is 11.8 Å². The van der Waals surface area contributed by atoms with E-state index in [2.05, 4.69) is 18.8 Å². The number of aromatic nitrogens is 2. The maximum absolute atomic E-state index is 5.59. The van der Waals surface area contributed by atoms with E-state index >= 15 is 0 Å². The molecule has 1 saturated carbocycles. The SMILES string of the molecule is CC(C)C1CCC(c2nc(=S)c3c([nH]2)CCCCC3)CC1. The van der Waals surface area contributed by atoms with Crippen molar-refractivity contribution in [1.29, 1.82) is 0 Å². The van der Waals surface area contributed by atoms with E-state index in [0.717, 1.165) is 29.3 Å². The smallest absolute Gasteiger partial charge is 0.133 e. The van der Waals surface area contributed by atoms with Crippen LogP contribution >= 0.6 is 12.2 Å². The third-order valence-electron chi connectivity index (χ3n) is 5.58. The van der Waals surface area contributed by atoms with Crippen LogP contribution in [-0.2, 0) is 12.8 Å². The Hall–Kier alpha value is -0.700. The Bertz CT molecular complexity index is 539. The number of fused-ring (bicyclic) bond motifs is 1. The molecule has 1 aromatic rings. The minimum absolute atomic E-state index is 0.607. The van der Waals surface area contributed by atoms with Gasteiger partial charge in [-0.1, -0.05) is 32.5 Å². The molecule has 0 bridgehead atoms. The second-order valence-corrected chi connectivity index (χ2v) is 7.69. The average molecular weight is 305 g/mol. The summed E-state index contributed by atoms with van der Waals surface area (Å²) in [4.78, 5) is 8.46. The molecule has 1 fully saturated rings. The summed E-state index contributed by atoms with van der Waals surface area (Å²) >= 11 is 5.59. The Morgan fingerprint density at radius 1 is 1.05 bits per heavy atom. The van der Waals surface area contributed by atoms with Crippen LogP contribution in [0, 0.1) is 16.5 Å². The third kappa shape index (κ3) is 3.39. The molecule has 1 N–H and O–H groups in total. The molecule has 0 aromatic carbocycles. The van der Waals surface area contributed by atoms with Crippen molar-refractivity contribution in [3.63, 3.8) is 0 Å². The van der Waals surface area contributed by atoms with Crippen molar-refractivity contribution >= 4 is 12.2 Å². The van der Waals surface area contributed by atoms with Gasteiger partial charge >= 0.3 is 0 Å². The van der Waals surface area contributed by atoms with Gasteiger partial charge in [-0.3, -0.25) is 0 Å². The van der Waals surface area contributed by atoms with Crippen LogP contribution in [0.2, 0.25) is 0 Å². The molecule has 1 aromatic heterocycles. The Morgan fingerprint density at radius 2 is 1.76 bits per heavy atom. The van der Waals surface area contributed by atoms with Crippen LogP contribution in [0.4, 0.5) is 0 Å². The highest BCUT2D eigenvalue weighted by Gasteiger charge is 2.26. The predicted octanol–water partition coefficient (Wildman–Crippen LogP) is 5.34. The van der Waals surface area contributed by atoms with Crippen LogP contribution in [0.5, 0.6) is 0 Å². The molecule has 2 aliphatic rings. The van der Waals surface area contributed by atoms with Crippen LogP contribution in [0.1, 0.15) is 81.8 Å². The molecular weight excluding hydrogens is 276 g/mol. The molecule has 1 heterocycles. The first kappa shape index (κ1) is 15.2. The summed E-state index contributed by atoms with van der Waals surface area (Å²) in [6.07, 6.45) is 11.4. The van der Waals surface area contributed by atoms with Crippen molar-refractivity contribution in [1.82, 2.24) is 9.97 Å². The highest BCUT2D eigenvalue weighted by atomic mass is 32.1. The minimum Gasteiger partial charge on any atom is -0.347 e. The van der Waals surface area contributed by atoms with Gasteiger partial charge in [0, 0.05) is 17.2 Å². The number of hydrogen-bond donors (Lipinski definition) is 1. The fraction of sp³-hybridized carbons (Fsp3) is 0.778. The lowest BCUT2D eigenvalue weighted by Crippen LogP contribution is -2.19. The van der Waals surface area contributed by atoms with Crippen molar-refractivity contribution in [3.05, 3.63) is 21.7 Å². The zero-order chi connectivity index (χ0) is 14.8. The van der Waals surface area contributed by atoms with E-state index in [9.17, 15) is 0 Å². The number of aryl methyl sites for hydroxylation is 1. The molecular formula is C18H28N2S. The highest BCUT2D eigenvalue weighted by molar-refractivity contribution is 7.71. The highest BCUT2D eigenvalue weighted by Crippen LogP contribution is 2.37. The molecule has 0 spiro atoms. The van der Waals surface area contributed by atoms with Crippen molar-refractivity contribution in [3.8, 4) is 0 Å². The Labute approximate surface area is 133 Å². The molecule has 21 heavy (non-hydrogen) atoms. The van der Waals surface area contributed by atoms with Crippen molar-refractivity contribution in [2.45, 2.75) is 77.6 Å². The fourth-order valence-electron chi connectivity index (χ4n) is 4.07. The number of aromatic amines is 1. The van der Waals surface area contributed by atoms with Gasteiger partial charge in [-0.25, -0.2) is 4.98 Å². The van der Waals surface area contributed by atoms with Gasteiger partial charge in [0.15, 0.2) is 0 Å². The van der Waals surface area contributed by atoms with Crippen LogP contribution < -0.4 is 0 Å². The average Bonchev–Trinajstić information content (AvgIpc) is 2.73. The van der Waals surface area contributed by atoms with E-state index in [4.69, 9.17) is 17.2 Å². The van der Waals surface area contributed by atoms with Crippen molar-refractivity contribution in [2.75, 3.05) is 0 Å². The lowest BCUT2D eigenvalue weighted by atomic mass is 9.76. The number of H-pyrrole nitrogens is 1. The summed E-state index contributed by atoms with van der Waals surface area (Å²) in [5.41, 5.74) is 2.73. The number of hydrogen-bond acceptors (Lipinski definition) is 2. The third-order valence-corrected chi connectivity index (χ3v) is 5.92. The van der Waals surface area contributed by atoms with Gasteiger partial charge in [0.05, 0.1) is 0 Å². The Kier molecular flexibility index (Phi) is 4.78. The number of rotatable bonds is 2. The maximum Gasteiger partial charge on any atom is 0.133 e. The minimum atomic E-state index is 0.607. The second-order valence-electron chi connectivity index (χ2n) is 7.30.